The van der Waals surface area contributed by atoms with Gasteiger partial charge < -0.3 is 14.8 Å². The van der Waals surface area contributed by atoms with Gasteiger partial charge in [0.05, 0.1) is 18.2 Å². The van der Waals surface area contributed by atoms with E-state index in [0.29, 0.717) is 0 Å². The molecule has 2 aromatic rings. The van der Waals surface area contributed by atoms with E-state index in [4.69, 9.17) is 9.47 Å². The maximum Gasteiger partial charge on any atom is 0.416 e. The molecule has 1 N–H and O–H groups in total. The third kappa shape index (κ3) is 5.19. The fourth-order valence-electron chi connectivity index (χ4n) is 2.08. The number of carbonyl (C=O) groups excluding carboxylic acids is 2. The SMILES string of the molecule is COc1ccc(C(=O)O[C@@H](C)C(=O)Nc2cccc(C(F)(F)F)c2)c(F)c1. The van der Waals surface area contributed by atoms with E-state index in [1.54, 1.807) is 0 Å². The topological polar surface area (TPSA) is 64.6 Å². The van der Waals surface area contributed by atoms with Gasteiger partial charge in [0.15, 0.2) is 6.10 Å². The minimum Gasteiger partial charge on any atom is -0.497 e. The Morgan fingerprint density at radius 3 is 2.41 bits per heavy atom. The third-order valence-corrected chi connectivity index (χ3v) is 3.51. The molecule has 0 aromatic heterocycles. The zero-order valence-corrected chi connectivity index (χ0v) is 14.3. The van der Waals surface area contributed by atoms with Gasteiger partial charge >= 0.3 is 12.1 Å². The van der Waals surface area contributed by atoms with E-state index < -0.39 is 41.1 Å². The molecule has 2 rings (SSSR count). The first-order chi connectivity index (χ1) is 12.6. The van der Waals surface area contributed by atoms with Crippen LogP contribution in [0.3, 0.4) is 0 Å². The fraction of sp³-hybridized carbons (Fsp3) is 0.222. The lowest BCUT2D eigenvalue weighted by molar-refractivity contribution is -0.137. The van der Waals surface area contributed by atoms with Crippen molar-refractivity contribution < 1.29 is 36.6 Å². The number of nitrogens with one attached hydrogen (secondary N) is 1. The predicted molar refractivity (Wildman–Crippen MR) is 87.9 cm³/mol. The number of halogens is 4. The Bertz CT molecular complexity index is 851. The Morgan fingerprint density at radius 2 is 1.81 bits per heavy atom. The van der Waals surface area contributed by atoms with Crippen LogP contribution in [0.4, 0.5) is 23.2 Å². The number of hydrogen-bond donors (Lipinski definition) is 1. The summed E-state index contributed by atoms with van der Waals surface area (Å²) in [6.07, 6.45) is -5.93. The molecule has 0 unspecified atom stereocenters. The highest BCUT2D eigenvalue weighted by atomic mass is 19.4. The van der Waals surface area contributed by atoms with Crippen molar-refractivity contribution in [1.29, 1.82) is 0 Å². The number of alkyl halides is 3. The molecule has 1 atom stereocenters. The number of methoxy groups -OCH3 is 1. The van der Waals surface area contributed by atoms with Gasteiger partial charge in [-0.2, -0.15) is 13.2 Å². The number of rotatable bonds is 5. The highest BCUT2D eigenvalue weighted by Gasteiger charge is 2.30. The standard InChI is InChI=1S/C18H15F4NO4/c1-10(27-17(25)14-7-6-13(26-2)9-15(14)19)16(24)23-12-5-3-4-11(8-12)18(20,21)22/h3-10H,1-2H3,(H,23,24)/t10-/m0/s1. The summed E-state index contributed by atoms with van der Waals surface area (Å²) in [5.74, 6) is -2.66. The van der Waals surface area contributed by atoms with Crippen molar-refractivity contribution in [1.82, 2.24) is 0 Å². The summed E-state index contributed by atoms with van der Waals surface area (Å²) in [6, 6.07) is 7.43. The first-order valence-electron chi connectivity index (χ1n) is 7.64. The second kappa shape index (κ2) is 8.07. The van der Waals surface area contributed by atoms with Crippen molar-refractivity contribution in [2.75, 3.05) is 12.4 Å². The van der Waals surface area contributed by atoms with Crippen molar-refractivity contribution in [2.24, 2.45) is 0 Å². The van der Waals surface area contributed by atoms with Gasteiger partial charge in [-0.3, -0.25) is 4.79 Å². The minimum atomic E-state index is -4.56. The lowest BCUT2D eigenvalue weighted by Crippen LogP contribution is -2.30. The van der Waals surface area contributed by atoms with E-state index in [9.17, 15) is 27.2 Å². The molecule has 1 amide bonds. The van der Waals surface area contributed by atoms with Crippen LogP contribution in [0.5, 0.6) is 5.75 Å². The van der Waals surface area contributed by atoms with E-state index in [1.165, 1.54) is 26.2 Å². The molecule has 0 bridgehead atoms. The molecule has 5 nitrogen and oxygen atoms in total. The third-order valence-electron chi connectivity index (χ3n) is 3.51. The van der Waals surface area contributed by atoms with E-state index in [0.717, 1.165) is 30.3 Å². The Labute approximate surface area is 151 Å². The molecular weight excluding hydrogens is 370 g/mol. The summed E-state index contributed by atoms with van der Waals surface area (Å²) in [5.41, 5.74) is -1.46. The lowest BCUT2D eigenvalue weighted by atomic mass is 10.2. The second-order valence-electron chi connectivity index (χ2n) is 5.46. The Balaban J connectivity index is 2.04. The summed E-state index contributed by atoms with van der Waals surface area (Å²) in [6.45, 7) is 1.21. The Morgan fingerprint density at radius 1 is 1.11 bits per heavy atom. The normalized spacial score (nSPS) is 12.2. The highest BCUT2D eigenvalue weighted by molar-refractivity contribution is 5.97. The van der Waals surface area contributed by atoms with E-state index in [2.05, 4.69) is 5.32 Å². The first kappa shape index (κ1) is 20.2. The van der Waals surface area contributed by atoms with Gasteiger partial charge in [-0.1, -0.05) is 6.07 Å². The second-order valence-corrected chi connectivity index (χ2v) is 5.46. The molecule has 0 saturated carbocycles. The van der Waals surface area contributed by atoms with Crippen molar-refractivity contribution in [3.05, 3.63) is 59.4 Å². The van der Waals surface area contributed by atoms with E-state index in [1.807, 2.05) is 0 Å². The molecule has 9 heteroatoms. The van der Waals surface area contributed by atoms with E-state index >= 15 is 0 Å². The molecular formula is C18H15F4NO4. The number of carbonyl (C=O) groups is 2. The molecule has 0 aliphatic heterocycles. The van der Waals surface area contributed by atoms with Crippen LogP contribution < -0.4 is 10.1 Å². The zero-order valence-electron chi connectivity index (χ0n) is 14.3. The number of hydrogen-bond acceptors (Lipinski definition) is 4. The Hall–Kier alpha value is -3.10. The summed E-state index contributed by atoms with van der Waals surface area (Å²) in [5, 5.41) is 2.21. The summed E-state index contributed by atoms with van der Waals surface area (Å²) in [4.78, 5) is 24.0. The molecule has 144 valence electrons. The molecule has 0 aliphatic carbocycles. The molecule has 0 aliphatic rings. The maximum atomic E-state index is 13.9. The molecule has 0 saturated heterocycles. The Kier molecular flexibility index (Phi) is 6.04. The van der Waals surface area contributed by atoms with Gasteiger partial charge in [0.2, 0.25) is 0 Å². The van der Waals surface area contributed by atoms with Crippen molar-refractivity contribution in [3.63, 3.8) is 0 Å². The van der Waals surface area contributed by atoms with Crippen LogP contribution in [-0.2, 0) is 15.7 Å². The smallest absolute Gasteiger partial charge is 0.416 e. The number of anilines is 1. The molecule has 27 heavy (non-hydrogen) atoms. The molecule has 2 aromatic carbocycles. The van der Waals surface area contributed by atoms with Crippen LogP contribution in [-0.4, -0.2) is 25.1 Å². The van der Waals surface area contributed by atoms with Gasteiger partial charge in [-0.05, 0) is 37.3 Å². The quantitative estimate of drug-likeness (QED) is 0.623. The maximum absolute atomic E-state index is 13.9. The van der Waals surface area contributed by atoms with Gasteiger partial charge in [-0.15, -0.1) is 0 Å². The monoisotopic (exact) mass is 385 g/mol. The molecule has 0 radical (unpaired) electrons. The summed E-state index contributed by atoms with van der Waals surface area (Å²) >= 11 is 0. The van der Waals surface area contributed by atoms with Crippen molar-refractivity contribution in [3.8, 4) is 5.75 Å². The predicted octanol–water partition coefficient (Wildman–Crippen LogP) is 4.04. The van der Waals surface area contributed by atoms with Gasteiger partial charge in [-0.25, -0.2) is 9.18 Å². The van der Waals surface area contributed by atoms with Gasteiger partial charge in [0, 0.05) is 11.8 Å². The fourth-order valence-corrected chi connectivity index (χ4v) is 2.08. The van der Waals surface area contributed by atoms with Crippen LogP contribution in [0.2, 0.25) is 0 Å². The van der Waals surface area contributed by atoms with Gasteiger partial charge in [0.25, 0.3) is 5.91 Å². The van der Waals surface area contributed by atoms with E-state index in [-0.39, 0.29) is 11.4 Å². The minimum absolute atomic E-state index is 0.117. The van der Waals surface area contributed by atoms with Crippen LogP contribution in [0.25, 0.3) is 0 Å². The van der Waals surface area contributed by atoms with Crippen LogP contribution in [0, 0.1) is 5.82 Å². The number of amides is 1. The average Bonchev–Trinajstić information content (AvgIpc) is 2.60. The number of ether oxygens (including phenoxy) is 2. The number of esters is 1. The molecule has 0 fully saturated rings. The van der Waals surface area contributed by atoms with Crippen molar-refractivity contribution >= 4 is 17.6 Å². The first-order valence-corrected chi connectivity index (χ1v) is 7.64. The summed E-state index contributed by atoms with van der Waals surface area (Å²) in [7, 11) is 1.33. The largest absolute Gasteiger partial charge is 0.497 e. The number of benzene rings is 2. The van der Waals surface area contributed by atoms with Crippen LogP contribution in [0.15, 0.2) is 42.5 Å². The molecule has 0 spiro atoms. The zero-order chi connectivity index (χ0) is 20.2. The molecule has 0 heterocycles. The van der Waals surface area contributed by atoms with Crippen molar-refractivity contribution in [2.45, 2.75) is 19.2 Å². The lowest BCUT2D eigenvalue weighted by Gasteiger charge is -2.15. The average molecular weight is 385 g/mol. The highest BCUT2D eigenvalue weighted by Crippen LogP contribution is 2.30. The summed E-state index contributed by atoms with van der Waals surface area (Å²) < 4.78 is 61.6. The van der Waals surface area contributed by atoms with Gasteiger partial charge in [0.1, 0.15) is 11.6 Å². The van der Waals surface area contributed by atoms with Crippen LogP contribution >= 0.6 is 0 Å². The van der Waals surface area contributed by atoms with Crippen LogP contribution in [0.1, 0.15) is 22.8 Å².